The molecule has 1 aromatic heterocycles. The third kappa shape index (κ3) is 7.00. The van der Waals surface area contributed by atoms with E-state index >= 15 is 0 Å². The van der Waals surface area contributed by atoms with Gasteiger partial charge in [-0.1, -0.05) is 13.8 Å². The van der Waals surface area contributed by atoms with E-state index in [1.807, 2.05) is 32.3 Å². The SMILES string of the molecule is COCCn1c(C)cc(C(=O)COC(=O)CNC(=O)CCC(C)C)c1C. The van der Waals surface area contributed by atoms with E-state index in [-0.39, 0.29) is 24.8 Å². The number of nitrogens with one attached hydrogen (secondary N) is 1. The Balaban J connectivity index is 2.46. The van der Waals surface area contributed by atoms with Gasteiger partial charge in [-0.05, 0) is 32.3 Å². The smallest absolute Gasteiger partial charge is 0.325 e. The molecule has 0 aliphatic rings. The number of Topliss-reactive ketones (excluding diaryl/α,β-unsaturated/α-hetero) is 1. The van der Waals surface area contributed by atoms with Crippen LogP contribution in [0.4, 0.5) is 0 Å². The number of carbonyl (C=O) groups excluding carboxylic acids is 3. The first-order valence-electron chi connectivity index (χ1n) is 8.87. The van der Waals surface area contributed by atoms with Crippen LogP contribution in [0.3, 0.4) is 0 Å². The second kappa shape index (κ2) is 10.8. The fraction of sp³-hybridized carbons (Fsp3) is 0.632. The molecule has 0 unspecified atom stereocenters. The predicted molar refractivity (Wildman–Crippen MR) is 98.2 cm³/mol. The Morgan fingerprint density at radius 3 is 2.54 bits per heavy atom. The monoisotopic (exact) mass is 366 g/mol. The molecule has 1 rings (SSSR count). The molecular formula is C19H30N2O5. The van der Waals surface area contributed by atoms with Crippen molar-refractivity contribution in [1.82, 2.24) is 9.88 Å². The van der Waals surface area contributed by atoms with E-state index in [1.165, 1.54) is 0 Å². The van der Waals surface area contributed by atoms with Crippen molar-refractivity contribution in [3.63, 3.8) is 0 Å². The molecule has 0 saturated heterocycles. The number of aromatic nitrogens is 1. The van der Waals surface area contributed by atoms with Crippen LogP contribution in [0.2, 0.25) is 0 Å². The third-order valence-electron chi connectivity index (χ3n) is 4.14. The number of ether oxygens (including phenoxy) is 2. The van der Waals surface area contributed by atoms with Crippen LogP contribution >= 0.6 is 0 Å². The molecule has 0 aliphatic carbocycles. The summed E-state index contributed by atoms with van der Waals surface area (Å²) >= 11 is 0. The van der Waals surface area contributed by atoms with Crippen molar-refractivity contribution in [1.29, 1.82) is 0 Å². The Labute approximate surface area is 155 Å². The summed E-state index contributed by atoms with van der Waals surface area (Å²) in [6.45, 7) is 8.47. The lowest BCUT2D eigenvalue weighted by Crippen LogP contribution is -2.31. The Morgan fingerprint density at radius 1 is 1.23 bits per heavy atom. The molecule has 1 amide bonds. The fourth-order valence-electron chi connectivity index (χ4n) is 2.56. The minimum Gasteiger partial charge on any atom is -0.456 e. The molecule has 0 bridgehead atoms. The summed E-state index contributed by atoms with van der Waals surface area (Å²) in [6, 6.07) is 1.79. The highest BCUT2D eigenvalue weighted by atomic mass is 16.5. The van der Waals surface area contributed by atoms with E-state index in [0.29, 0.717) is 31.1 Å². The zero-order chi connectivity index (χ0) is 19.7. The normalized spacial score (nSPS) is 10.8. The molecule has 1 aromatic rings. The first-order valence-corrected chi connectivity index (χ1v) is 8.87. The van der Waals surface area contributed by atoms with Crippen molar-refractivity contribution in [2.24, 2.45) is 5.92 Å². The highest BCUT2D eigenvalue weighted by Gasteiger charge is 2.17. The molecule has 7 nitrogen and oxygen atoms in total. The molecule has 7 heteroatoms. The number of esters is 1. The van der Waals surface area contributed by atoms with Crippen LogP contribution in [0.25, 0.3) is 0 Å². The minimum atomic E-state index is -0.621. The molecule has 0 radical (unpaired) electrons. The topological polar surface area (TPSA) is 86.6 Å². The van der Waals surface area contributed by atoms with Gasteiger partial charge in [0.05, 0.1) is 6.61 Å². The van der Waals surface area contributed by atoms with Crippen LogP contribution < -0.4 is 5.32 Å². The maximum absolute atomic E-state index is 12.3. The molecule has 1 heterocycles. The average molecular weight is 366 g/mol. The molecule has 1 N–H and O–H groups in total. The average Bonchev–Trinajstić information content (AvgIpc) is 2.88. The van der Waals surface area contributed by atoms with Crippen LogP contribution in [-0.2, 0) is 25.6 Å². The number of ketones is 1. The lowest BCUT2D eigenvalue weighted by molar-refractivity contribution is -0.142. The van der Waals surface area contributed by atoms with Gasteiger partial charge in [0.1, 0.15) is 6.54 Å². The van der Waals surface area contributed by atoms with Crippen molar-refractivity contribution in [2.75, 3.05) is 26.9 Å². The van der Waals surface area contributed by atoms with E-state index < -0.39 is 5.97 Å². The van der Waals surface area contributed by atoms with Crippen LogP contribution in [0.5, 0.6) is 0 Å². The first kappa shape index (κ1) is 21.9. The van der Waals surface area contributed by atoms with Gasteiger partial charge in [-0.25, -0.2) is 0 Å². The highest BCUT2D eigenvalue weighted by Crippen LogP contribution is 2.16. The Hall–Kier alpha value is -2.15. The van der Waals surface area contributed by atoms with Crippen LogP contribution in [-0.4, -0.2) is 49.1 Å². The van der Waals surface area contributed by atoms with Crippen LogP contribution in [0.15, 0.2) is 6.07 Å². The van der Waals surface area contributed by atoms with Crippen molar-refractivity contribution >= 4 is 17.7 Å². The van der Waals surface area contributed by atoms with Gasteiger partial charge in [-0.3, -0.25) is 14.4 Å². The summed E-state index contributed by atoms with van der Waals surface area (Å²) in [6.07, 6.45) is 1.13. The largest absolute Gasteiger partial charge is 0.456 e. The van der Waals surface area contributed by atoms with Gasteiger partial charge in [0.25, 0.3) is 0 Å². The van der Waals surface area contributed by atoms with Crippen molar-refractivity contribution in [3.8, 4) is 0 Å². The van der Waals surface area contributed by atoms with Gasteiger partial charge in [0.15, 0.2) is 6.61 Å². The maximum atomic E-state index is 12.3. The van der Waals surface area contributed by atoms with Gasteiger partial charge < -0.3 is 19.4 Å². The van der Waals surface area contributed by atoms with Crippen LogP contribution in [0, 0.1) is 19.8 Å². The van der Waals surface area contributed by atoms with E-state index in [9.17, 15) is 14.4 Å². The molecule has 0 aromatic carbocycles. The number of rotatable bonds is 11. The van der Waals surface area contributed by atoms with Gasteiger partial charge in [-0.15, -0.1) is 0 Å². The fourth-order valence-corrected chi connectivity index (χ4v) is 2.56. The molecule has 146 valence electrons. The van der Waals surface area contributed by atoms with E-state index in [4.69, 9.17) is 9.47 Å². The van der Waals surface area contributed by atoms with Gasteiger partial charge in [-0.2, -0.15) is 0 Å². The van der Waals surface area contributed by atoms with E-state index in [1.54, 1.807) is 13.2 Å². The second-order valence-corrected chi connectivity index (χ2v) is 6.72. The predicted octanol–water partition coefficient (Wildman–Crippen LogP) is 2.03. The summed E-state index contributed by atoms with van der Waals surface area (Å²) in [7, 11) is 1.63. The summed E-state index contributed by atoms with van der Waals surface area (Å²) in [4.78, 5) is 35.6. The number of nitrogens with zero attached hydrogens (tertiary/aromatic N) is 1. The van der Waals surface area contributed by atoms with Crippen molar-refractivity contribution in [3.05, 3.63) is 23.0 Å². The van der Waals surface area contributed by atoms with E-state index in [0.717, 1.165) is 17.8 Å². The number of amides is 1. The number of aryl methyl sites for hydroxylation is 1. The number of hydrogen-bond donors (Lipinski definition) is 1. The molecule has 0 atom stereocenters. The van der Waals surface area contributed by atoms with Crippen molar-refractivity contribution < 1.29 is 23.9 Å². The number of methoxy groups -OCH3 is 1. The highest BCUT2D eigenvalue weighted by molar-refractivity contribution is 5.99. The summed E-state index contributed by atoms with van der Waals surface area (Å²) < 4.78 is 12.0. The van der Waals surface area contributed by atoms with E-state index in [2.05, 4.69) is 5.32 Å². The quantitative estimate of drug-likeness (QED) is 0.478. The lowest BCUT2D eigenvalue weighted by Gasteiger charge is -2.09. The first-order chi connectivity index (χ1) is 12.3. The molecule has 0 fully saturated rings. The summed E-state index contributed by atoms with van der Waals surface area (Å²) in [5, 5.41) is 2.51. The summed E-state index contributed by atoms with van der Waals surface area (Å²) in [5.74, 6) is -0.650. The molecule has 0 aliphatic heterocycles. The second-order valence-electron chi connectivity index (χ2n) is 6.72. The third-order valence-corrected chi connectivity index (χ3v) is 4.14. The van der Waals surface area contributed by atoms with Gasteiger partial charge in [0, 0.05) is 37.0 Å². The molecule has 26 heavy (non-hydrogen) atoms. The molecule has 0 saturated carbocycles. The number of carbonyl (C=O) groups is 3. The Kier molecular flexibility index (Phi) is 9.05. The van der Waals surface area contributed by atoms with Gasteiger partial charge >= 0.3 is 5.97 Å². The van der Waals surface area contributed by atoms with Crippen molar-refractivity contribution in [2.45, 2.75) is 47.1 Å². The lowest BCUT2D eigenvalue weighted by atomic mass is 10.1. The number of hydrogen-bond acceptors (Lipinski definition) is 5. The zero-order valence-corrected chi connectivity index (χ0v) is 16.4. The minimum absolute atomic E-state index is 0.191. The molecule has 0 spiro atoms. The van der Waals surface area contributed by atoms with Crippen LogP contribution in [0.1, 0.15) is 48.4 Å². The Morgan fingerprint density at radius 2 is 1.92 bits per heavy atom. The maximum Gasteiger partial charge on any atom is 0.325 e. The Bertz CT molecular complexity index is 634. The standard InChI is InChI=1S/C19H30N2O5/c1-13(2)6-7-18(23)20-11-19(24)26-12-17(22)16-10-14(3)21(15(16)4)8-9-25-5/h10,13H,6-9,11-12H2,1-5H3,(H,20,23). The zero-order valence-electron chi connectivity index (χ0n) is 16.4. The summed E-state index contributed by atoms with van der Waals surface area (Å²) in [5.41, 5.74) is 2.31. The van der Waals surface area contributed by atoms with Gasteiger partial charge in [0.2, 0.25) is 11.7 Å². The molecular weight excluding hydrogens is 336 g/mol.